The van der Waals surface area contributed by atoms with Crippen molar-refractivity contribution < 1.29 is 14.2 Å². The Kier molecular flexibility index (Phi) is 5.30. The van der Waals surface area contributed by atoms with Crippen LogP contribution in [0.25, 0.3) is 11.4 Å². The molecule has 0 N–H and O–H groups in total. The van der Waals surface area contributed by atoms with E-state index in [1.165, 1.54) is 23.9 Å². The lowest BCUT2D eigenvalue weighted by molar-refractivity contribution is -0.384. The third kappa shape index (κ3) is 4.16. The van der Waals surface area contributed by atoms with Gasteiger partial charge in [-0.25, -0.2) is 0 Å². The summed E-state index contributed by atoms with van der Waals surface area (Å²) in [5, 5.41) is 14.9. The van der Waals surface area contributed by atoms with Crippen molar-refractivity contribution in [2.75, 3.05) is 7.11 Å². The Morgan fingerprint density at radius 2 is 2.00 bits per heavy atom. The molecule has 3 rings (SSSR count). The Morgan fingerprint density at radius 1 is 1.20 bits per heavy atom. The minimum Gasteiger partial charge on any atom is -0.496 e. The highest BCUT2D eigenvalue weighted by molar-refractivity contribution is 7.97. The minimum absolute atomic E-state index is 0.0422. The van der Waals surface area contributed by atoms with Gasteiger partial charge in [-0.15, -0.1) is 11.8 Å². The monoisotopic (exact) mass is 357 g/mol. The Labute approximate surface area is 148 Å². The number of benzene rings is 2. The van der Waals surface area contributed by atoms with E-state index in [2.05, 4.69) is 10.1 Å². The largest absolute Gasteiger partial charge is 0.496 e. The second-order valence-corrected chi connectivity index (χ2v) is 6.11. The fourth-order valence-corrected chi connectivity index (χ4v) is 3.10. The summed E-state index contributed by atoms with van der Waals surface area (Å²) in [6, 6.07) is 14.1. The van der Waals surface area contributed by atoms with Crippen LogP contribution in [-0.2, 0) is 11.5 Å². The standard InChI is InChI=1S/C17H15N3O4S/c1-23-15-8-7-14(20(21)22)9-13(15)10-25-11-16-18-17(19-24-16)12-5-3-2-4-6-12/h2-9H,10-11H2,1H3. The van der Waals surface area contributed by atoms with Crippen LogP contribution in [-0.4, -0.2) is 22.2 Å². The summed E-state index contributed by atoms with van der Waals surface area (Å²) in [4.78, 5) is 14.9. The molecule has 0 aliphatic rings. The zero-order valence-corrected chi connectivity index (χ0v) is 14.2. The van der Waals surface area contributed by atoms with Gasteiger partial charge in [0.05, 0.1) is 17.8 Å². The van der Waals surface area contributed by atoms with Crippen molar-refractivity contribution in [2.45, 2.75) is 11.5 Å². The van der Waals surface area contributed by atoms with E-state index in [4.69, 9.17) is 9.26 Å². The van der Waals surface area contributed by atoms with E-state index in [0.717, 1.165) is 11.1 Å². The lowest BCUT2D eigenvalue weighted by atomic mass is 10.2. The van der Waals surface area contributed by atoms with Crippen LogP contribution in [0.2, 0.25) is 0 Å². The number of hydrogen-bond donors (Lipinski definition) is 0. The van der Waals surface area contributed by atoms with Crippen molar-refractivity contribution in [3.63, 3.8) is 0 Å². The van der Waals surface area contributed by atoms with E-state index in [9.17, 15) is 10.1 Å². The molecule has 0 bridgehead atoms. The van der Waals surface area contributed by atoms with Crippen molar-refractivity contribution in [2.24, 2.45) is 0 Å². The number of methoxy groups -OCH3 is 1. The van der Waals surface area contributed by atoms with Gasteiger partial charge in [0.2, 0.25) is 11.7 Å². The molecule has 8 heteroatoms. The summed E-state index contributed by atoms with van der Waals surface area (Å²) in [7, 11) is 1.54. The van der Waals surface area contributed by atoms with Crippen LogP contribution in [0.5, 0.6) is 5.75 Å². The van der Waals surface area contributed by atoms with E-state index in [-0.39, 0.29) is 5.69 Å². The molecule has 0 saturated carbocycles. The van der Waals surface area contributed by atoms with Gasteiger partial charge in [0.1, 0.15) is 5.75 Å². The molecule has 3 aromatic rings. The number of ether oxygens (including phenoxy) is 1. The van der Waals surface area contributed by atoms with E-state index < -0.39 is 4.92 Å². The molecule has 1 aromatic heterocycles. The van der Waals surface area contributed by atoms with Crippen LogP contribution in [0, 0.1) is 10.1 Å². The molecular formula is C17H15N3O4S. The smallest absolute Gasteiger partial charge is 0.270 e. The Bertz CT molecular complexity index is 867. The number of non-ortho nitro benzene ring substituents is 1. The van der Waals surface area contributed by atoms with Crippen molar-refractivity contribution in [1.29, 1.82) is 0 Å². The molecule has 0 fully saturated rings. The molecule has 0 unspecified atom stereocenters. The van der Waals surface area contributed by atoms with Gasteiger partial charge in [0, 0.05) is 29.0 Å². The summed E-state index contributed by atoms with van der Waals surface area (Å²) in [5.74, 6) is 2.71. The van der Waals surface area contributed by atoms with Gasteiger partial charge >= 0.3 is 0 Å². The number of thioether (sulfide) groups is 1. The predicted octanol–water partition coefficient (Wildman–Crippen LogP) is 4.09. The third-order valence-electron chi connectivity index (χ3n) is 3.46. The Morgan fingerprint density at radius 3 is 2.72 bits per heavy atom. The van der Waals surface area contributed by atoms with E-state index >= 15 is 0 Å². The van der Waals surface area contributed by atoms with Gasteiger partial charge in [-0.2, -0.15) is 4.98 Å². The summed E-state index contributed by atoms with van der Waals surface area (Å²) < 4.78 is 10.5. The highest BCUT2D eigenvalue weighted by Gasteiger charge is 2.13. The molecule has 1 heterocycles. The summed E-state index contributed by atoms with van der Waals surface area (Å²) in [5.41, 5.74) is 1.69. The molecule has 0 amide bonds. The average Bonchev–Trinajstić information content (AvgIpc) is 3.11. The molecule has 2 aromatic carbocycles. The van der Waals surface area contributed by atoms with Crippen LogP contribution in [0.3, 0.4) is 0 Å². The Hall–Kier alpha value is -2.87. The Balaban J connectivity index is 1.64. The van der Waals surface area contributed by atoms with E-state index in [0.29, 0.717) is 29.0 Å². The quantitative estimate of drug-likeness (QED) is 0.464. The first kappa shape index (κ1) is 17.0. The molecule has 0 radical (unpaired) electrons. The predicted molar refractivity (Wildman–Crippen MR) is 94.4 cm³/mol. The summed E-state index contributed by atoms with van der Waals surface area (Å²) in [6.07, 6.45) is 0. The fourth-order valence-electron chi connectivity index (χ4n) is 2.26. The van der Waals surface area contributed by atoms with Crippen molar-refractivity contribution in [3.8, 4) is 17.1 Å². The maximum absolute atomic E-state index is 10.9. The number of nitro groups is 1. The van der Waals surface area contributed by atoms with Crippen LogP contribution < -0.4 is 4.74 Å². The molecule has 0 aliphatic heterocycles. The van der Waals surface area contributed by atoms with Crippen LogP contribution in [0.1, 0.15) is 11.5 Å². The van der Waals surface area contributed by atoms with Gasteiger partial charge in [0.25, 0.3) is 5.69 Å². The SMILES string of the molecule is COc1ccc([N+](=O)[O-])cc1CSCc1nc(-c2ccccc2)no1. The topological polar surface area (TPSA) is 91.3 Å². The molecule has 0 spiro atoms. The lowest BCUT2D eigenvalue weighted by Crippen LogP contribution is -1.94. The minimum atomic E-state index is -0.419. The van der Waals surface area contributed by atoms with Crippen molar-refractivity contribution in [3.05, 3.63) is 70.1 Å². The molecule has 0 saturated heterocycles. The highest BCUT2D eigenvalue weighted by Crippen LogP contribution is 2.29. The first-order valence-corrected chi connectivity index (χ1v) is 8.60. The number of nitrogens with zero attached hydrogens (tertiary/aromatic N) is 3. The zero-order valence-electron chi connectivity index (χ0n) is 13.4. The van der Waals surface area contributed by atoms with Crippen molar-refractivity contribution >= 4 is 17.4 Å². The van der Waals surface area contributed by atoms with Gasteiger partial charge in [-0.1, -0.05) is 35.5 Å². The number of aromatic nitrogens is 2. The average molecular weight is 357 g/mol. The molecule has 128 valence electrons. The summed E-state index contributed by atoms with van der Waals surface area (Å²) >= 11 is 1.52. The second-order valence-electron chi connectivity index (χ2n) is 5.12. The fraction of sp³-hybridized carbons (Fsp3) is 0.176. The van der Waals surface area contributed by atoms with Crippen LogP contribution >= 0.6 is 11.8 Å². The lowest BCUT2D eigenvalue weighted by Gasteiger charge is -2.07. The highest BCUT2D eigenvalue weighted by atomic mass is 32.2. The van der Waals surface area contributed by atoms with Gasteiger partial charge in [-0.3, -0.25) is 10.1 Å². The number of nitro benzene ring substituents is 1. The molecule has 25 heavy (non-hydrogen) atoms. The van der Waals surface area contributed by atoms with E-state index in [1.807, 2.05) is 30.3 Å². The summed E-state index contributed by atoms with van der Waals surface area (Å²) in [6.45, 7) is 0. The number of rotatable bonds is 7. The van der Waals surface area contributed by atoms with Gasteiger partial charge in [-0.05, 0) is 6.07 Å². The molecule has 0 aliphatic carbocycles. The first-order valence-electron chi connectivity index (χ1n) is 7.44. The van der Waals surface area contributed by atoms with Crippen LogP contribution in [0.15, 0.2) is 53.1 Å². The zero-order chi connectivity index (χ0) is 17.6. The maximum Gasteiger partial charge on any atom is 0.270 e. The van der Waals surface area contributed by atoms with Gasteiger partial charge in [0.15, 0.2) is 0 Å². The number of hydrogen-bond acceptors (Lipinski definition) is 7. The van der Waals surface area contributed by atoms with Crippen molar-refractivity contribution in [1.82, 2.24) is 10.1 Å². The van der Waals surface area contributed by atoms with Gasteiger partial charge < -0.3 is 9.26 Å². The normalized spacial score (nSPS) is 10.6. The third-order valence-corrected chi connectivity index (χ3v) is 4.42. The first-order chi connectivity index (χ1) is 12.2. The second kappa shape index (κ2) is 7.80. The molecular weight excluding hydrogens is 342 g/mol. The van der Waals surface area contributed by atoms with E-state index in [1.54, 1.807) is 13.2 Å². The maximum atomic E-state index is 10.9. The molecule has 0 atom stereocenters. The van der Waals surface area contributed by atoms with Crippen LogP contribution in [0.4, 0.5) is 5.69 Å². The molecule has 7 nitrogen and oxygen atoms in total.